The van der Waals surface area contributed by atoms with E-state index in [1.807, 2.05) is 0 Å². The van der Waals surface area contributed by atoms with Crippen LogP contribution in [0, 0.1) is 0 Å². The Morgan fingerprint density at radius 2 is 1.86 bits per heavy atom. The predicted octanol–water partition coefficient (Wildman–Crippen LogP) is 1.36. The molecule has 1 saturated heterocycles. The topological polar surface area (TPSA) is 107 Å². The lowest BCUT2D eigenvalue weighted by molar-refractivity contribution is -0.135. The first-order valence-electron chi connectivity index (χ1n) is 7.05. The summed E-state index contributed by atoms with van der Waals surface area (Å²) < 4.78 is 0. The highest BCUT2D eigenvalue weighted by Crippen LogP contribution is 2.27. The number of carbonyl (C=O) groups is 3. The summed E-state index contributed by atoms with van der Waals surface area (Å²) >= 11 is 0. The van der Waals surface area contributed by atoms with Crippen LogP contribution in [0.4, 0.5) is 4.79 Å². The highest BCUT2D eigenvalue weighted by molar-refractivity contribution is 5.87. The van der Waals surface area contributed by atoms with Crippen LogP contribution in [0.25, 0.3) is 0 Å². The number of rotatable bonds is 4. The second-order valence-corrected chi connectivity index (χ2v) is 5.26. The van der Waals surface area contributed by atoms with E-state index >= 15 is 0 Å². The third-order valence-corrected chi connectivity index (χ3v) is 3.73. The predicted molar refractivity (Wildman–Crippen MR) is 78.0 cm³/mol. The Morgan fingerprint density at radius 3 is 2.45 bits per heavy atom. The summed E-state index contributed by atoms with van der Waals surface area (Å²) in [7, 11) is 0. The van der Waals surface area contributed by atoms with Crippen LogP contribution in [-0.2, 0) is 4.79 Å². The van der Waals surface area contributed by atoms with Gasteiger partial charge in [-0.3, -0.25) is 4.79 Å². The molecule has 0 radical (unpaired) electrons. The number of aliphatic carboxylic acids is 1. The van der Waals surface area contributed by atoms with Crippen LogP contribution in [0.3, 0.4) is 0 Å². The fourth-order valence-corrected chi connectivity index (χ4v) is 2.59. The van der Waals surface area contributed by atoms with Crippen LogP contribution in [0.2, 0.25) is 0 Å². The van der Waals surface area contributed by atoms with E-state index in [0.29, 0.717) is 13.1 Å². The van der Waals surface area contributed by atoms with Gasteiger partial charge in [-0.1, -0.05) is 12.1 Å². The van der Waals surface area contributed by atoms with E-state index < -0.39 is 18.5 Å². The van der Waals surface area contributed by atoms with Gasteiger partial charge in [0.05, 0.1) is 5.56 Å². The number of nitrogens with one attached hydrogen (secondary N) is 1. The molecular weight excluding hydrogens is 288 g/mol. The van der Waals surface area contributed by atoms with Crippen molar-refractivity contribution in [3.63, 3.8) is 0 Å². The van der Waals surface area contributed by atoms with Crippen molar-refractivity contribution in [3.05, 3.63) is 35.4 Å². The van der Waals surface area contributed by atoms with Gasteiger partial charge in [-0.2, -0.15) is 0 Å². The summed E-state index contributed by atoms with van der Waals surface area (Å²) in [6.45, 7) is 0.695. The molecule has 1 unspecified atom stereocenters. The number of carbonyl (C=O) groups excluding carboxylic acids is 1. The second kappa shape index (κ2) is 6.93. The SMILES string of the molecule is O=C(O)CNC(=O)N1CCCC(c2ccc(C(=O)O)cc2)C1. The number of benzene rings is 1. The van der Waals surface area contributed by atoms with Crippen LogP contribution in [0.15, 0.2) is 24.3 Å². The van der Waals surface area contributed by atoms with Crippen molar-refractivity contribution < 1.29 is 24.6 Å². The zero-order valence-corrected chi connectivity index (χ0v) is 12.0. The third-order valence-electron chi connectivity index (χ3n) is 3.73. The van der Waals surface area contributed by atoms with E-state index in [1.54, 1.807) is 29.2 Å². The smallest absolute Gasteiger partial charge is 0.335 e. The fourth-order valence-electron chi connectivity index (χ4n) is 2.59. The van der Waals surface area contributed by atoms with Gasteiger partial charge >= 0.3 is 18.0 Å². The largest absolute Gasteiger partial charge is 0.480 e. The van der Waals surface area contributed by atoms with E-state index in [9.17, 15) is 14.4 Å². The van der Waals surface area contributed by atoms with Crippen molar-refractivity contribution in [3.8, 4) is 0 Å². The molecule has 0 aliphatic carbocycles. The maximum Gasteiger partial charge on any atom is 0.335 e. The Labute approximate surface area is 127 Å². The summed E-state index contributed by atoms with van der Waals surface area (Å²) in [4.78, 5) is 34.8. The van der Waals surface area contributed by atoms with Crippen LogP contribution >= 0.6 is 0 Å². The van der Waals surface area contributed by atoms with Crippen molar-refractivity contribution >= 4 is 18.0 Å². The van der Waals surface area contributed by atoms with Crippen LogP contribution in [0.5, 0.6) is 0 Å². The highest BCUT2D eigenvalue weighted by atomic mass is 16.4. The summed E-state index contributed by atoms with van der Waals surface area (Å²) in [6, 6.07) is 6.27. The minimum absolute atomic E-state index is 0.132. The summed E-state index contributed by atoms with van der Waals surface area (Å²) in [6.07, 6.45) is 1.74. The molecule has 7 heteroatoms. The minimum Gasteiger partial charge on any atom is -0.480 e. The third kappa shape index (κ3) is 3.97. The lowest BCUT2D eigenvalue weighted by Crippen LogP contribution is -2.46. The number of nitrogens with zero attached hydrogens (tertiary/aromatic N) is 1. The maximum absolute atomic E-state index is 11.9. The molecule has 1 aliphatic heterocycles. The van der Waals surface area contributed by atoms with Crippen LogP contribution in [0.1, 0.15) is 34.7 Å². The molecule has 1 fully saturated rings. The average molecular weight is 306 g/mol. The molecular formula is C15H18N2O5. The molecule has 1 aromatic rings. The Balaban J connectivity index is 1.99. The van der Waals surface area contributed by atoms with Gasteiger partial charge in [-0.25, -0.2) is 9.59 Å². The molecule has 0 saturated carbocycles. The molecule has 1 atom stereocenters. The van der Waals surface area contributed by atoms with E-state index in [2.05, 4.69) is 5.32 Å². The molecule has 0 bridgehead atoms. The molecule has 7 nitrogen and oxygen atoms in total. The van der Waals surface area contributed by atoms with Crippen LogP contribution in [-0.4, -0.2) is 52.7 Å². The Hall–Kier alpha value is -2.57. The number of hydrogen-bond donors (Lipinski definition) is 3. The standard InChI is InChI=1S/C15H18N2O5/c18-13(19)8-16-15(22)17-7-1-2-12(9-17)10-3-5-11(6-4-10)14(20)21/h3-6,12H,1-2,7-9H2,(H,16,22)(H,18,19)(H,20,21). The van der Waals surface area contributed by atoms with Gasteiger partial charge in [0.2, 0.25) is 0 Å². The number of carboxylic acid groups (broad SMARTS) is 2. The van der Waals surface area contributed by atoms with Gasteiger partial charge in [0.25, 0.3) is 0 Å². The van der Waals surface area contributed by atoms with Crippen molar-refractivity contribution in [1.82, 2.24) is 10.2 Å². The number of piperidine rings is 1. The number of amides is 2. The van der Waals surface area contributed by atoms with Crippen molar-refractivity contribution in [2.75, 3.05) is 19.6 Å². The van der Waals surface area contributed by atoms with Gasteiger partial charge in [0.15, 0.2) is 0 Å². The summed E-state index contributed by atoms with van der Waals surface area (Å²) in [5.74, 6) is -1.91. The molecule has 2 amide bonds. The molecule has 1 heterocycles. The van der Waals surface area contributed by atoms with E-state index in [-0.39, 0.29) is 17.5 Å². The van der Waals surface area contributed by atoms with Gasteiger partial charge in [0.1, 0.15) is 6.54 Å². The van der Waals surface area contributed by atoms with Crippen LogP contribution < -0.4 is 5.32 Å². The van der Waals surface area contributed by atoms with E-state index in [1.165, 1.54) is 0 Å². The molecule has 22 heavy (non-hydrogen) atoms. The first-order valence-corrected chi connectivity index (χ1v) is 7.05. The van der Waals surface area contributed by atoms with Crippen molar-refractivity contribution in [2.45, 2.75) is 18.8 Å². The van der Waals surface area contributed by atoms with Gasteiger partial charge in [0, 0.05) is 19.0 Å². The first kappa shape index (κ1) is 15.8. The molecule has 2 rings (SSSR count). The number of likely N-dealkylation sites (tertiary alicyclic amines) is 1. The number of aromatic carboxylic acids is 1. The minimum atomic E-state index is -1.08. The molecule has 118 valence electrons. The highest BCUT2D eigenvalue weighted by Gasteiger charge is 2.25. The van der Waals surface area contributed by atoms with Crippen molar-refractivity contribution in [1.29, 1.82) is 0 Å². The maximum atomic E-state index is 11.9. The number of urea groups is 1. The Bertz CT molecular complexity index is 570. The Kier molecular flexibility index (Phi) is 4.98. The average Bonchev–Trinajstić information content (AvgIpc) is 2.52. The van der Waals surface area contributed by atoms with Gasteiger partial charge < -0.3 is 20.4 Å². The molecule has 0 spiro atoms. The van der Waals surface area contributed by atoms with E-state index in [4.69, 9.17) is 10.2 Å². The quantitative estimate of drug-likeness (QED) is 0.778. The Morgan fingerprint density at radius 1 is 1.18 bits per heavy atom. The molecule has 0 aromatic heterocycles. The van der Waals surface area contributed by atoms with Gasteiger partial charge in [-0.05, 0) is 30.5 Å². The van der Waals surface area contributed by atoms with E-state index in [0.717, 1.165) is 18.4 Å². The normalized spacial score (nSPS) is 17.8. The fraction of sp³-hybridized carbons (Fsp3) is 0.400. The molecule has 1 aliphatic rings. The summed E-state index contributed by atoms with van der Waals surface area (Å²) in [5, 5.41) is 19.8. The monoisotopic (exact) mass is 306 g/mol. The molecule has 3 N–H and O–H groups in total. The van der Waals surface area contributed by atoms with Gasteiger partial charge in [-0.15, -0.1) is 0 Å². The first-order chi connectivity index (χ1) is 10.5. The summed E-state index contributed by atoms with van der Waals surface area (Å²) in [5.41, 5.74) is 1.22. The zero-order valence-electron chi connectivity index (χ0n) is 12.0. The lowest BCUT2D eigenvalue weighted by Gasteiger charge is -2.33. The second-order valence-electron chi connectivity index (χ2n) is 5.26. The number of carboxylic acids is 2. The molecule has 1 aromatic carbocycles. The van der Waals surface area contributed by atoms with Crippen molar-refractivity contribution in [2.24, 2.45) is 0 Å². The lowest BCUT2D eigenvalue weighted by atomic mass is 9.90. The number of hydrogen-bond acceptors (Lipinski definition) is 3. The zero-order chi connectivity index (χ0) is 16.1.